The van der Waals surface area contributed by atoms with Crippen LogP contribution in [-0.4, -0.2) is 37.3 Å². The summed E-state index contributed by atoms with van der Waals surface area (Å²) in [4.78, 5) is 33.8. The molecule has 3 rings (SSSR count). The lowest BCUT2D eigenvalue weighted by molar-refractivity contribution is -0.384. The third kappa shape index (κ3) is 5.15. The number of nitro benzene ring substituents is 1. The van der Waals surface area contributed by atoms with Crippen LogP contribution in [0.1, 0.15) is 6.42 Å². The molecule has 11 nitrogen and oxygen atoms in total. The number of non-ortho nitro benzene ring substituents is 1. The van der Waals surface area contributed by atoms with E-state index >= 15 is 0 Å². The Labute approximate surface area is 178 Å². The van der Waals surface area contributed by atoms with Crippen molar-refractivity contribution in [1.82, 2.24) is 14.8 Å². The van der Waals surface area contributed by atoms with E-state index in [1.165, 1.54) is 24.5 Å². The molecule has 0 spiro atoms. The number of carbonyl (C=O) groups is 2. The number of hydrogen-bond acceptors (Lipinski definition) is 8. The van der Waals surface area contributed by atoms with Crippen molar-refractivity contribution in [3.8, 4) is 11.6 Å². The highest BCUT2D eigenvalue weighted by atomic mass is 35.5. The molecule has 0 aliphatic carbocycles. The van der Waals surface area contributed by atoms with Crippen LogP contribution in [0, 0.1) is 10.1 Å². The number of hydrogen-bond donors (Lipinski definition) is 2. The Hall–Kier alpha value is -3.38. The van der Waals surface area contributed by atoms with Gasteiger partial charge in [-0.15, -0.1) is 10.2 Å². The lowest BCUT2D eigenvalue weighted by Crippen LogP contribution is -2.17. The molecule has 156 valence electrons. The van der Waals surface area contributed by atoms with E-state index < -0.39 is 16.7 Å². The molecule has 3 N–H and O–H groups in total. The number of benzene rings is 1. The number of aromatic nitrogens is 3. The second-order valence-electron chi connectivity index (χ2n) is 5.91. The van der Waals surface area contributed by atoms with Crippen molar-refractivity contribution in [3.63, 3.8) is 0 Å². The van der Waals surface area contributed by atoms with Crippen molar-refractivity contribution in [1.29, 1.82) is 0 Å². The highest BCUT2D eigenvalue weighted by Gasteiger charge is 2.18. The van der Waals surface area contributed by atoms with Gasteiger partial charge in [0.2, 0.25) is 11.8 Å². The Kier molecular flexibility index (Phi) is 6.69. The van der Waals surface area contributed by atoms with Crippen LogP contribution >= 0.6 is 23.4 Å². The molecule has 0 bridgehead atoms. The zero-order valence-electron chi connectivity index (χ0n) is 15.3. The van der Waals surface area contributed by atoms with Crippen molar-refractivity contribution in [2.24, 2.45) is 5.73 Å². The number of nitro groups is 1. The van der Waals surface area contributed by atoms with Crippen LogP contribution in [0.4, 0.5) is 11.4 Å². The van der Waals surface area contributed by atoms with Crippen LogP contribution in [0.2, 0.25) is 5.02 Å². The highest BCUT2D eigenvalue weighted by Crippen LogP contribution is 2.28. The molecule has 1 aromatic carbocycles. The summed E-state index contributed by atoms with van der Waals surface area (Å²) in [6.45, 7) is 0.207. The molecular weight excluding hydrogens is 436 g/mol. The third-order valence-corrected chi connectivity index (χ3v) is 5.10. The molecule has 2 aromatic heterocycles. The van der Waals surface area contributed by atoms with Crippen LogP contribution in [0.5, 0.6) is 0 Å². The number of rotatable bonds is 9. The maximum atomic E-state index is 12.3. The fraction of sp³-hybridized carbons (Fsp3) is 0.176. The lowest BCUT2D eigenvalue weighted by Gasteiger charge is -2.09. The summed E-state index contributed by atoms with van der Waals surface area (Å²) in [5.74, 6) is -0.182. The first-order valence-electron chi connectivity index (χ1n) is 8.47. The van der Waals surface area contributed by atoms with Crippen LogP contribution < -0.4 is 11.1 Å². The molecule has 0 aliphatic rings. The maximum Gasteiger partial charge on any atom is 0.271 e. The summed E-state index contributed by atoms with van der Waals surface area (Å²) in [6.07, 6.45) is 1.53. The van der Waals surface area contributed by atoms with E-state index in [1.54, 1.807) is 16.7 Å². The van der Waals surface area contributed by atoms with Crippen molar-refractivity contribution >= 4 is 46.6 Å². The van der Waals surface area contributed by atoms with Gasteiger partial charge in [-0.2, -0.15) is 0 Å². The van der Waals surface area contributed by atoms with Gasteiger partial charge in [-0.05, 0) is 18.2 Å². The number of nitrogens with one attached hydrogen (secondary N) is 1. The van der Waals surface area contributed by atoms with Gasteiger partial charge in [0.05, 0.1) is 27.6 Å². The predicted molar refractivity (Wildman–Crippen MR) is 109 cm³/mol. The first kappa shape index (κ1) is 21.3. The standard InChI is InChI=1S/C17H15ClN6O5S/c18-11-4-3-10(24(27)28)8-12(11)20-15(26)9-30-17-22-21-16(13-2-1-7-29-13)23(17)6-5-14(19)25/h1-4,7-8H,5-6,9H2,(H2,19,25)(H,20,26). The van der Waals surface area contributed by atoms with Gasteiger partial charge in [0, 0.05) is 25.1 Å². The van der Waals surface area contributed by atoms with Crippen molar-refractivity contribution in [2.75, 3.05) is 11.1 Å². The Balaban J connectivity index is 1.72. The summed E-state index contributed by atoms with van der Waals surface area (Å²) < 4.78 is 6.96. The average Bonchev–Trinajstić information content (AvgIpc) is 3.35. The number of nitrogens with two attached hydrogens (primary N) is 1. The van der Waals surface area contributed by atoms with E-state index in [9.17, 15) is 19.7 Å². The number of carbonyl (C=O) groups excluding carboxylic acids is 2. The molecule has 0 unspecified atom stereocenters. The number of primary amides is 1. The molecule has 30 heavy (non-hydrogen) atoms. The normalized spacial score (nSPS) is 10.7. The van der Waals surface area contributed by atoms with Gasteiger partial charge in [-0.1, -0.05) is 23.4 Å². The number of anilines is 1. The summed E-state index contributed by atoms with van der Waals surface area (Å²) in [5, 5.41) is 22.1. The summed E-state index contributed by atoms with van der Waals surface area (Å²) >= 11 is 7.06. The minimum atomic E-state index is -0.585. The van der Waals surface area contributed by atoms with E-state index in [4.69, 9.17) is 21.8 Å². The largest absolute Gasteiger partial charge is 0.461 e. The second-order valence-corrected chi connectivity index (χ2v) is 7.26. The third-order valence-electron chi connectivity index (χ3n) is 3.81. The summed E-state index contributed by atoms with van der Waals surface area (Å²) in [6, 6.07) is 7.12. The minimum absolute atomic E-state index is 0.0504. The van der Waals surface area contributed by atoms with Gasteiger partial charge in [-0.25, -0.2) is 0 Å². The zero-order valence-corrected chi connectivity index (χ0v) is 16.9. The van der Waals surface area contributed by atoms with Gasteiger partial charge < -0.3 is 15.5 Å². The summed E-state index contributed by atoms with van der Waals surface area (Å²) in [7, 11) is 0. The van der Waals surface area contributed by atoms with Crippen LogP contribution in [0.3, 0.4) is 0 Å². The van der Waals surface area contributed by atoms with E-state index in [-0.39, 0.29) is 35.1 Å². The Bertz CT molecular complexity index is 1080. The quantitative estimate of drug-likeness (QED) is 0.286. The van der Waals surface area contributed by atoms with Crippen molar-refractivity contribution in [2.45, 2.75) is 18.1 Å². The van der Waals surface area contributed by atoms with E-state index in [0.717, 1.165) is 11.8 Å². The van der Waals surface area contributed by atoms with Gasteiger partial charge >= 0.3 is 0 Å². The Morgan fingerprint density at radius 2 is 2.13 bits per heavy atom. The molecular formula is C17H15ClN6O5S. The molecule has 0 aliphatic heterocycles. The van der Waals surface area contributed by atoms with Crippen LogP contribution in [-0.2, 0) is 16.1 Å². The number of thioether (sulfide) groups is 1. The Morgan fingerprint density at radius 1 is 1.33 bits per heavy atom. The topological polar surface area (TPSA) is 159 Å². The van der Waals surface area contributed by atoms with Gasteiger partial charge in [0.15, 0.2) is 16.7 Å². The SMILES string of the molecule is NC(=O)CCn1c(SCC(=O)Nc2cc([N+](=O)[O-])ccc2Cl)nnc1-c1ccco1. The first-order valence-corrected chi connectivity index (χ1v) is 9.83. The summed E-state index contributed by atoms with van der Waals surface area (Å²) in [5.41, 5.74) is 5.17. The highest BCUT2D eigenvalue weighted by molar-refractivity contribution is 7.99. The smallest absolute Gasteiger partial charge is 0.271 e. The minimum Gasteiger partial charge on any atom is -0.461 e. The number of halogens is 1. The van der Waals surface area contributed by atoms with Crippen LogP contribution in [0.15, 0.2) is 46.2 Å². The molecule has 0 fully saturated rings. The van der Waals surface area contributed by atoms with Gasteiger partial charge in [0.1, 0.15) is 0 Å². The molecule has 0 radical (unpaired) electrons. The fourth-order valence-electron chi connectivity index (χ4n) is 2.45. The predicted octanol–water partition coefficient (Wildman–Crippen LogP) is 2.71. The fourth-order valence-corrected chi connectivity index (χ4v) is 3.38. The van der Waals surface area contributed by atoms with Gasteiger partial charge in [0.25, 0.3) is 5.69 Å². The molecule has 2 amide bonds. The lowest BCUT2D eigenvalue weighted by atomic mass is 10.3. The molecule has 0 saturated carbocycles. The monoisotopic (exact) mass is 450 g/mol. The molecule has 13 heteroatoms. The first-order chi connectivity index (χ1) is 14.3. The number of nitrogens with zero attached hydrogens (tertiary/aromatic N) is 4. The van der Waals surface area contributed by atoms with Crippen LogP contribution in [0.25, 0.3) is 11.6 Å². The molecule has 0 saturated heterocycles. The molecule has 3 aromatic rings. The Morgan fingerprint density at radius 3 is 2.80 bits per heavy atom. The molecule has 2 heterocycles. The number of furan rings is 1. The van der Waals surface area contributed by atoms with Gasteiger partial charge in [-0.3, -0.25) is 24.3 Å². The zero-order chi connectivity index (χ0) is 21.7. The maximum absolute atomic E-state index is 12.3. The average molecular weight is 451 g/mol. The van der Waals surface area contributed by atoms with E-state index in [2.05, 4.69) is 15.5 Å². The van der Waals surface area contributed by atoms with E-state index in [0.29, 0.717) is 16.7 Å². The second kappa shape index (κ2) is 9.41. The van der Waals surface area contributed by atoms with Crippen molar-refractivity contribution in [3.05, 3.63) is 51.7 Å². The van der Waals surface area contributed by atoms with E-state index in [1.807, 2.05) is 0 Å². The number of amides is 2. The molecule has 0 atom stereocenters. The van der Waals surface area contributed by atoms with Crippen molar-refractivity contribution < 1.29 is 18.9 Å².